The Labute approximate surface area is 116 Å². The third-order valence-corrected chi connectivity index (χ3v) is 5.04. The SMILES string of the molecule is CC1CCN(C2CCCc3c(O)cccc32)C(C)C1. The quantitative estimate of drug-likeness (QED) is 0.827. The minimum atomic E-state index is 0.500. The summed E-state index contributed by atoms with van der Waals surface area (Å²) in [5.74, 6) is 1.36. The van der Waals surface area contributed by atoms with Crippen molar-refractivity contribution in [2.75, 3.05) is 6.54 Å². The molecule has 1 aromatic rings. The van der Waals surface area contributed by atoms with Gasteiger partial charge in [-0.15, -0.1) is 0 Å². The lowest BCUT2D eigenvalue weighted by atomic mass is 9.83. The Balaban J connectivity index is 1.89. The molecule has 0 amide bonds. The molecule has 1 aromatic carbocycles. The lowest BCUT2D eigenvalue weighted by Crippen LogP contribution is -2.43. The highest BCUT2D eigenvalue weighted by molar-refractivity contribution is 5.42. The van der Waals surface area contributed by atoms with Crippen LogP contribution in [-0.4, -0.2) is 22.6 Å². The van der Waals surface area contributed by atoms with Crippen LogP contribution in [0.5, 0.6) is 5.75 Å². The maximum atomic E-state index is 10.1. The first kappa shape index (κ1) is 13.0. The summed E-state index contributed by atoms with van der Waals surface area (Å²) in [6.07, 6.45) is 6.11. The molecule has 1 heterocycles. The minimum absolute atomic E-state index is 0.500. The number of nitrogens with zero attached hydrogens (tertiary/aromatic N) is 1. The molecule has 1 aliphatic heterocycles. The van der Waals surface area contributed by atoms with E-state index in [9.17, 15) is 5.11 Å². The molecule has 2 heteroatoms. The average Bonchev–Trinajstić information content (AvgIpc) is 2.39. The van der Waals surface area contributed by atoms with Crippen LogP contribution < -0.4 is 0 Å². The maximum absolute atomic E-state index is 10.1. The Morgan fingerprint density at radius 2 is 2.05 bits per heavy atom. The summed E-state index contributed by atoms with van der Waals surface area (Å²) in [6, 6.07) is 7.26. The summed E-state index contributed by atoms with van der Waals surface area (Å²) >= 11 is 0. The third-order valence-electron chi connectivity index (χ3n) is 5.04. The van der Waals surface area contributed by atoms with Gasteiger partial charge in [0.25, 0.3) is 0 Å². The van der Waals surface area contributed by atoms with Crippen molar-refractivity contribution >= 4 is 0 Å². The first-order chi connectivity index (χ1) is 9.16. The van der Waals surface area contributed by atoms with E-state index in [1.165, 1.54) is 43.4 Å². The van der Waals surface area contributed by atoms with E-state index >= 15 is 0 Å². The molecule has 1 fully saturated rings. The molecule has 0 spiro atoms. The second-order valence-electron chi connectivity index (χ2n) is 6.47. The number of piperidine rings is 1. The summed E-state index contributed by atoms with van der Waals surface area (Å²) in [4.78, 5) is 2.68. The molecule has 1 saturated heterocycles. The zero-order valence-corrected chi connectivity index (χ0v) is 12.1. The first-order valence-corrected chi connectivity index (χ1v) is 7.73. The molecule has 2 nitrogen and oxygen atoms in total. The maximum Gasteiger partial charge on any atom is 0.119 e. The lowest BCUT2D eigenvalue weighted by molar-refractivity contribution is 0.0722. The van der Waals surface area contributed by atoms with E-state index < -0.39 is 0 Å². The topological polar surface area (TPSA) is 23.5 Å². The molecular weight excluding hydrogens is 234 g/mol. The van der Waals surface area contributed by atoms with Crippen LogP contribution in [0.3, 0.4) is 0 Å². The Bertz CT molecular complexity index is 457. The van der Waals surface area contributed by atoms with Crippen molar-refractivity contribution in [3.05, 3.63) is 29.3 Å². The molecule has 0 aromatic heterocycles. The molecule has 0 bridgehead atoms. The number of likely N-dealkylation sites (tertiary alicyclic amines) is 1. The van der Waals surface area contributed by atoms with E-state index in [0.717, 1.165) is 12.3 Å². The number of hydrogen-bond acceptors (Lipinski definition) is 2. The highest BCUT2D eigenvalue weighted by atomic mass is 16.3. The van der Waals surface area contributed by atoms with Gasteiger partial charge in [0.2, 0.25) is 0 Å². The lowest BCUT2D eigenvalue weighted by Gasteiger charge is -2.44. The Hall–Kier alpha value is -1.02. The zero-order chi connectivity index (χ0) is 13.4. The van der Waals surface area contributed by atoms with Gasteiger partial charge in [-0.3, -0.25) is 4.90 Å². The number of fused-ring (bicyclic) bond motifs is 1. The highest BCUT2D eigenvalue weighted by Crippen LogP contribution is 2.41. The number of aromatic hydroxyl groups is 1. The summed E-state index contributed by atoms with van der Waals surface area (Å²) in [5, 5.41) is 10.1. The summed E-state index contributed by atoms with van der Waals surface area (Å²) in [7, 11) is 0. The molecule has 2 aliphatic rings. The van der Waals surface area contributed by atoms with E-state index in [0.29, 0.717) is 17.8 Å². The van der Waals surface area contributed by atoms with Gasteiger partial charge < -0.3 is 5.11 Å². The van der Waals surface area contributed by atoms with Crippen molar-refractivity contribution < 1.29 is 5.11 Å². The van der Waals surface area contributed by atoms with E-state index in [1.54, 1.807) is 0 Å². The van der Waals surface area contributed by atoms with Crippen LogP contribution >= 0.6 is 0 Å². The molecule has 3 unspecified atom stereocenters. The number of phenolic OH excluding ortho intramolecular Hbond substituents is 1. The van der Waals surface area contributed by atoms with Gasteiger partial charge in [-0.25, -0.2) is 0 Å². The van der Waals surface area contributed by atoms with E-state index in [2.05, 4.69) is 24.8 Å². The summed E-state index contributed by atoms with van der Waals surface area (Å²) in [6.45, 7) is 5.95. The van der Waals surface area contributed by atoms with E-state index in [-0.39, 0.29) is 0 Å². The van der Waals surface area contributed by atoms with Crippen LogP contribution in [0.25, 0.3) is 0 Å². The molecule has 19 heavy (non-hydrogen) atoms. The standard InChI is InChI=1S/C17H25NO/c1-12-9-10-18(13(2)11-12)16-7-3-6-15-14(16)5-4-8-17(15)19/h4-5,8,12-13,16,19H,3,6-7,9-11H2,1-2H3. The number of hydrogen-bond donors (Lipinski definition) is 1. The average molecular weight is 259 g/mol. The van der Waals surface area contributed by atoms with Crippen molar-refractivity contribution in [2.45, 2.75) is 58.0 Å². The van der Waals surface area contributed by atoms with Gasteiger partial charge in [-0.05, 0) is 68.7 Å². The van der Waals surface area contributed by atoms with E-state index in [4.69, 9.17) is 0 Å². The van der Waals surface area contributed by atoms with Gasteiger partial charge in [0.05, 0.1) is 0 Å². The second-order valence-corrected chi connectivity index (χ2v) is 6.47. The molecular formula is C17H25NO. The first-order valence-electron chi connectivity index (χ1n) is 7.73. The van der Waals surface area contributed by atoms with Gasteiger partial charge in [0, 0.05) is 12.1 Å². The van der Waals surface area contributed by atoms with E-state index in [1.807, 2.05) is 12.1 Å². The fourth-order valence-electron chi connectivity index (χ4n) is 4.04. The number of benzene rings is 1. The predicted molar refractivity (Wildman–Crippen MR) is 78.4 cm³/mol. The van der Waals surface area contributed by atoms with Crippen LogP contribution in [0.2, 0.25) is 0 Å². The van der Waals surface area contributed by atoms with Crippen molar-refractivity contribution in [1.82, 2.24) is 4.90 Å². The number of rotatable bonds is 1. The predicted octanol–water partition coefficient (Wildman–Crippen LogP) is 3.89. The fraction of sp³-hybridized carbons (Fsp3) is 0.647. The molecule has 104 valence electrons. The van der Waals surface area contributed by atoms with Gasteiger partial charge in [0.15, 0.2) is 0 Å². The third kappa shape index (κ3) is 2.38. The van der Waals surface area contributed by atoms with Gasteiger partial charge in [-0.1, -0.05) is 19.1 Å². The fourth-order valence-corrected chi connectivity index (χ4v) is 4.04. The summed E-state index contributed by atoms with van der Waals surface area (Å²) in [5.41, 5.74) is 2.58. The minimum Gasteiger partial charge on any atom is -0.508 e. The second kappa shape index (κ2) is 5.16. The zero-order valence-electron chi connectivity index (χ0n) is 12.1. The van der Waals surface area contributed by atoms with Crippen LogP contribution in [0.4, 0.5) is 0 Å². The highest BCUT2D eigenvalue weighted by Gasteiger charge is 2.32. The monoisotopic (exact) mass is 259 g/mol. The molecule has 0 saturated carbocycles. The number of phenols is 1. The molecule has 3 atom stereocenters. The van der Waals surface area contributed by atoms with Crippen LogP contribution in [0.15, 0.2) is 18.2 Å². The molecule has 3 rings (SSSR count). The molecule has 0 radical (unpaired) electrons. The molecule has 1 aliphatic carbocycles. The van der Waals surface area contributed by atoms with Crippen molar-refractivity contribution in [3.8, 4) is 5.75 Å². The van der Waals surface area contributed by atoms with Crippen molar-refractivity contribution in [2.24, 2.45) is 5.92 Å². The Morgan fingerprint density at radius 3 is 2.84 bits per heavy atom. The smallest absolute Gasteiger partial charge is 0.119 e. The Morgan fingerprint density at radius 1 is 1.21 bits per heavy atom. The molecule has 1 N–H and O–H groups in total. The van der Waals surface area contributed by atoms with Gasteiger partial charge in [0.1, 0.15) is 5.75 Å². The van der Waals surface area contributed by atoms with Crippen LogP contribution in [0, 0.1) is 5.92 Å². The van der Waals surface area contributed by atoms with Crippen molar-refractivity contribution in [3.63, 3.8) is 0 Å². The van der Waals surface area contributed by atoms with Gasteiger partial charge >= 0.3 is 0 Å². The normalized spacial score (nSPS) is 32.0. The largest absolute Gasteiger partial charge is 0.508 e. The van der Waals surface area contributed by atoms with Crippen molar-refractivity contribution in [1.29, 1.82) is 0 Å². The van der Waals surface area contributed by atoms with Crippen LogP contribution in [0.1, 0.15) is 56.7 Å². The Kier molecular flexibility index (Phi) is 3.53. The summed E-state index contributed by atoms with van der Waals surface area (Å²) < 4.78 is 0. The van der Waals surface area contributed by atoms with Crippen LogP contribution in [-0.2, 0) is 6.42 Å². The van der Waals surface area contributed by atoms with Gasteiger partial charge in [-0.2, -0.15) is 0 Å².